The summed E-state index contributed by atoms with van der Waals surface area (Å²) in [6, 6.07) is 6.62. The van der Waals surface area contributed by atoms with Crippen molar-refractivity contribution in [3.8, 4) is 0 Å². The maximum absolute atomic E-state index is 14.2. The Bertz CT molecular complexity index is 732. The molecule has 2 rings (SSSR count). The zero-order chi connectivity index (χ0) is 20.9. The van der Waals surface area contributed by atoms with Gasteiger partial charge in [-0.3, -0.25) is 0 Å². The second-order valence-electron chi connectivity index (χ2n) is 7.68. The highest BCUT2D eigenvalue weighted by Gasteiger charge is 2.38. The summed E-state index contributed by atoms with van der Waals surface area (Å²) in [4.78, 5) is 28.5. The summed E-state index contributed by atoms with van der Waals surface area (Å²) in [5.74, 6) is -5.99. The van der Waals surface area contributed by atoms with Gasteiger partial charge in [-0.05, 0) is 40.0 Å². The predicted molar refractivity (Wildman–Crippen MR) is 98.5 cm³/mol. The van der Waals surface area contributed by atoms with Gasteiger partial charge in [-0.2, -0.15) is 8.78 Å². The first kappa shape index (κ1) is 21.6. The van der Waals surface area contributed by atoms with Gasteiger partial charge in [-0.25, -0.2) is 9.59 Å². The summed E-state index contributed by atoms with van der Waals surface area (Å²) in [6.07, 6.45) is 0.710. The Balaban J connectivity index is 1.88. The molecule has 0 bridgehead atoms. The molecule has 0 saturated heterocycles. The number of hydrogen-bond donors (Lipinski definition) is 2. The third-order valence-corrected chi connectivity index (χ3v) is 4.18. The highest BCUT2D eigenvalue weighted by atomic mass is 19.3. The summed E-state index contributed by atoms with van der Waals surface area (Å²) >= 11 is 0. The van der Waals surface area contributed by atoms with Crippen LogP contribution >= 0.6 is 0 Å². The van der Waals surface area contributed by atoms with Crippen LogP contribution in [0.4, 0.5) is 13.6 Å². The molecule has 9 heteroatoms. The lowest BCUT2D eigenvalue weighted by molar-refractivity contribution is -0.148. The summed E-state index contributed by atoms with van der Waals surface area (Å²) in [5.41, 5.74) is 4.35. The van der Waals surface area contributed by atoms with Crippen molar-refractivity contribution in [2.75, 3.05) is 0 Å². The fraction of sp³-hybridized carbons (Fsp3) is 0.526. The zero-order valence-electron chi connectivity index (χ0n) is 16.1. The van der Waals surface area contributed by atoms with E-state index in [4.69, 9.17) is 10.5 Å². The van der Waals surface area contributed by atoms with Gasteiger partial charge < -0.3 is 20.6 Å². The minimum atomic E-state index is -3.56. The van der Waals surface area contributed by atoms with Crippen molar-refractivity contribution in [1.82, 2.24) is 5.32 Å². The van der Waals surface area contributed by atoms with Crippen LogP contribution in [0, 0.1) is 5.92 Å². The van der Waals surface area contributed by atoms with Crippen LogP contribution in [0.25, 0.3) is 0 Å². The van der Waals surface area contributed by atoms with E-state index < -0.39 is 35.3 Å². The smallest absolute Gasteiger partial charge is 0.407 e. The minimum absolute atomic E-state index is 0.264. The van der Waals surface area contributed by atoms with Crippen LogP contribution < -0.4 is 11.1 Å². The Morgan fingerprint density at radius 1 is 1.18 bits per heavy atom. The molecule has 7 nitrogen and oxygen atoms in total. The molecular weight excluding hydrogens is 372 g/mol. The van der Waals surface area contributed by atoms with E-state index >= 15 is 0 Å². The van der Waals surface area contributed by atoms with E-state index in [0.717, 1.165) is 0 Å². The summed E-state index contributed by atoms with van der Waals surface area (Å²) < 4.78 is 33.6. The Labute approximate surface area is 162 Å². The molecule has 0 aliphatic heterocycles. The number of carbonyl (C=O) groups excluding carboxylic acids is 2. The second kappa shape index (κ2) is 8.53. The highest BCUT2D eigenvalue weighted by Crippen LogP contribution is 2.29. The lowest BCUT2D eigenvalue weighted by Crippen LogP contribution is -2.38. The molecule has 0 spiro atoms. The SMILES string of the molecule is CC(C)(C)OC(=O)N[C@H]1CC[C@H](C(=O)O/N=C(/N)C(F)(F)c2ccccc2)C1. The number of ether oxygens (including phenoxy) is 1. The molecule has 0 radical (unpaired) electrons. The molecule has 0 heterocycles. The zero-order valence-corrected chi connectivity index (χ0v) is 16.1. The maximum Gasteiger partial charge on any atom is 0.407 e. The number of halogens is 2. The molecule has 1 saturated carbocycles. The van der Waals surface area contributed by atoms with Gasteiger partial charge in [0, 0.05) is 11.6 Å². The van der Waals surface area contributed by atoms with Gasteiger partial charge in [0.15, 0.2) is 0 Å². The van der Waals surface area contributed by atoms with Crippen molar-refractivity contribution >= 4 is 17.9 Å². The first-order valence-corrected chi connectivity index (χ1v) is 8.96. The minimum Gasteiger partial charge on any atom is -0.444 e. The molecule has 154 valence electrons. The molecular formula is C19H25F2N3O4. The highest BCUT2D eigenvalue weighted by molar-refractivity contribution is 5.88. The average Bonchev–Trinajstić information content (AvgIpc) is 3.06. The molecule has 1 aliphatic rings. The number of amides is 1. The van der Waals surface area contributed by atoms with Crippen molar-refractivity contribution in [2.24, 2.45) is 16.8 Å². The lowest BCUT2D eigenvalue weighted by atomic mass is 10.1. The Morgan fingerprint density at radius 2 is 1.82 bits per heavy atom. The van der Waals surface area contributed by atoms with E-state index in [1.54, 1.807) is 26.8 Å². The van der Waals surface area contributed by atoms with Crippen LogP contribution in [0.1, 0.15) is 45.6 Å². The monoisotopic (exact) mass is 397 g/mol. The number of carbonyl (C=O) groups is 2. The first-order chi connectivity index (χ1) is 13.0. The number of nitrogens with one attached hydrogen (secondary N) is 1. The number of rotatable bonds is 5. The molecule has 1 amide bonds. The number of alkyl halides is 2. The van der Waals surface area contributed by atoms with E-state index in [1.165, 1.54) is 24.3 Å². The Morgan fingerprint density at radius 3 is 2.43 bits per heavy atom. The van der Waals surface area contributed by atoms with Gasteiger partial charge in [0.1, 0.15) is 5.60 Å². The van der Waals surface area contributed by atoms with Crippen LogP contribution in [0.5, 0.6) is 0 Å². The van der Waals surface area contributed by atoms with Gasteiger partial charge in [-0.1, -0.05) is 35.5 Å². The van der Waals surface area contributed by atoms with Gasteiger partial charge in [0.25, 0.3) is 0 Å². The third kappa shape index (κ3) is 5.90. The van der Waals surface area contributed by atoms with Crippen LogP contribution in [0.3, 0.4) is 0 Å². The number of oxime groups is 1. The topological polar surface area (TPSA) is 103 Å². The second-order valence-corrected chi connectivity index (χ2v) is 7.68. The summed E-state index contributed by atoms with van der Waals surface area (Å²) in [7, 11) is 0. The molecule has 1 aliphatic carbocycles. The fourth-order valence-electron chi connectivity index (χ4n) is 2.82. The predicted octanol–water partition coefficient (Wildman–Crippen LogP) is 3.29. The molecule has 0 aromatic heterocycles. The van der Waals surface area contributed by atoms with E-state index in [0.29, 0.717) is 19.3 Å². The molecule has 1 aromatic rings. The van der Waals surface area contributed by atoms with Gasteiger partial charge in [0.05, 0.1) is 5.92 Å². The van der Waals surface area contributed by atoms with Gasteiger partial charge >= 0.3 is 18.0 Å². The number of hydrogen-bond acceptors (Lipinski definition) is 5. The average molecular weight is 397 g/mol. The van der Waals surface area contributed by atoms with E-state index in [-0.39, 0.29) is 11.6 Å². The van der Waals surface area contributed by atoms with Gasteiger partial charge in [0.2, 0.25) is 5.84 Å². The van der Waals surface area contributed by atoms with Crippen LogP contribution in [-0.4, -0.2) is 29.5 Å². The number of alkyl carbamates (subject to hydrolysis) is 1. The maximum atomic E-state index is 14.2. The van der Waals surface area contributed by atoms with Crippen molar-refractivity contribution in [3.05, 3.63) is 35.9 Å². The van der Waals surface area contributed by atoms with Crippen molar-refractivity contribution < 1.29 is 27.9 Å². The van der Waals surface area contributed by atoms with Crippen molar-refractivity contribution in [2.45, 2.75) is 57.6 Å². The fourth-order valence-corrected chi connectivity index (χ4v) is 2.82. The molecule has 3 N–H and O–H groups in total. The quantitative estimate of drug-likeness (QED) is 0.343. The first-order valence-electron chi connectivity index (χ1n) is 8.96. The normalized spacial score (nSPS) is 20.5. The Hall–Kier alpha value is -2.71. The number of nitrogens with two attached hydrogens (primary N) is 1. The van der Waals surface area contributed by atoms with E-state index in [9.17, 15) is 18.4 Å². The number of benzene rings is 1. The molecule has 0 unspecified atom stereocenters. The van der Waals surface area contributed by atoms with Crippen molar-refractivity contribution in [3.63, 3.8) is 0 Å². The van der Waals surface area contributed by atoms with E-state index in [2.05, 4.69) is 15.3 Å². The largest absolute Gasteiger partial charge is 0.444 e. The van der Waals surface area contributed by atoms with Crippen LogP contribution in [0.15, 0.2) is 35.5 Å². The van der Waals surface area contributed by atoms with Gasteiger partial charge in [-0.15, -0.1) is 0 Å². The molecule has 1 fully saturated rings. The number of nitrogens with zero attached hydrogens (tertiary/aromatic N) is 1. The number of amidine groups is 1. The van der Waals surface area contributed by atoms with Crippen molar-refractivity contribution in [1.29, 1.82) is 0 Å². The Kier molecular flexibility index (Phi) is 6.58. The van der Waals surface area contributed by atoms with Crippen LogP contribution in [-0.2, 0) is 20.3 Å². The molecule has 2 atom stereocenters. The summed E-state index contributed by atoms with van der Waals surface area (Å²) in [5, 5.41) is 5.82. The molecule has 1 aromatic carbocycles. The lowest BCUT2D eigenvalue weighted by Gasteiger charge is -2.21. The third-order valence-electron chi connectivity index (χ3n) is 4.18. The summed E-state index contributed by atoms with van der Waals surface area (Å²) in [6.45, 7) is 5.24. The van der Waals surface area contributed by atoms with E-state index in [1.807, 2.05) is 0 Å². The standard InChI is InChI=1S/C19H25F2N3O4/c1-18(2,3)27-17(26)23-14-10-9-12(11-14)15(25)28-24-16(22)19(20,21)13-7-5-4-6-8-13/h4-8,12,14H,9-11H2,1-3H3,(H2,22,24)(H,23,26)/t12-,14-/m0/s1. The molecule has 28 heavy (non-hydrogen) atoms. The van der Waals surface area contributed by atoms with Crippen LogP contribution in [0.2, 0.25) is 0 Å².